The summed E-state index contributed by atoms with van der Waals surface area (Å²) in [6.45, 7) is 2.51. The molecule has 0 fully saturated rings. The lowest BCUT2D eigenvalue weighted by Crippen LogP contribution is -2.23. The van der Waals surface area contributed by atoms with Gasteiger partial charge in [0.1, 0.15) is 11.6 Å². The third-order valence-corrected chi connectivity index (χ3v) is 3.07. The number of halogens is 3. The first-order chi connectivity index (χ1) is 9.13. The summed E-state index contributed by atoms with van der Waals surface area (Å²) in [6, 6.07) is 5.23. The third-order valence-electron chi connectivity index (χ3n) is 2.78. The van der Waals surface area contributed by atoms with Crippen LogP contribution in [0.3, 0.4) is 0 Å². The highest BCUT2D eigenvalue weighted by Gasteiger charge is 2.19. The summed E-state index contributed by atoms with van der Waals surface area (Å²) in [5.74, 6) is -1.17. The van der Waals surface area contributed by atoms with E-state index >= 15 is 0 Å². The average Bonchev–Trinajstić information content (AvgIpc) is 2.42. The summed E-state index contributed by atoms with van der Waals surface area (Å²) < 4.78 is 27.5. The molecule has 0 aliphatic rings. The molecule has 19 heavy (non-hydrogen) atoms. The smallest absolute Gasteiger partial charge is 0.142 e. The van der Waals surface area contributed by atoms with Gasteiger partial charge in [0.05, 0.1) is 11.1 Å². The van der Waals surface area contributed by atoms with Crippen LogP contribution in [0, 0.1) is 11.6 Å². The normalized spacial score (nSPS) is 12.4. The molecular weight excluding hydrogens is 270 g/mol. The lowest BCUT2D eigenvalue weighted by atomic mass is 9.99. The minimum atomic E-state index is -0.634. The van der Waals surface area contributed by atoms with Crippen molar-refractivity contribution in [2.45, 2.75) is 13.0 Å². The lowest BCUT2D eigenvalue weighted by Gasteiger charge is -2.19. The van der Waals surface area contributed by atoms with Gasteiger partial charge < -0.3 is 5.32 Å². The molecule has 0 spiro atoms. The van der Waals surface area contributed by atoms with Gasteiger partial charge >= 0.3 is 0 Å². The molecule has 0 aliphatic carbocycles. The van der Waals surface area contributed by atoms with Crippen molar-refractivity contribution in [3.63, 3.8) is 0 Å². The minimum absolute atomic E-state index is 0.219. The highest BCUT2D eigenvalue weighted by Crippen LogP contribution is 2.27. The highest BCUT2D eigenvalue weighted by atomic mass is 35.5. The minimum Gasteiger partial charge on any atom is -0.306 e. The summed E-state index contributed by atoms with van der Waals surface area (Å²) in [5, 5.41) is 2.89. The molecule has 1 unspecified atom stereocenters. The molecule has 5 heteroatoms. The number of nitrogens with one attached hydrogen (secondary N) is 1. The maximum Gasteiger partial charge on any atom is 0.142 e. The molecular formula is C14H13ClF2N2. The van der Waals surface area contributed by atoms with Crippen LogP contribution < -0.4 is 5.32 Å². The van der Waals surface area contributed by atoms with E-state index in [4.69, 9.17) is 11.6 Å². The number of hydrogen-bond donors (Lipinski definition) is 1. The molecule has 1 aromatic carbocycles. The number of pyridine rings is 1. The summed E-state index contributed by atoms with van der Waals surface area (Å²) in [6.07, 6.45) is 3.25. The molecule has 2 nitrogen and oxygen atoms in total. The second-order valence-corrected chi connectivity index (χ2v) is 4.47. The van der Waals surface area contributed by atoms with Crippen LogP contribution in [-0.2, 0) is 0 Å². The van der Waals surface area contributed by atoms with Gasteiger partial charge in [0.2, 0.25) is 0 Å². The van der Waals surface area contributed by atoms with Crippen LogP contribution >= 0.6 is 11.6 Å². The molecule has 0 radical (unpaired) electrons. The second-order valence-electron chi connectivity index (χ2n) is 4.06. The molecule has 0 aliphatic heterocycles. The summed E-state index contributed by atoms with van der Waals surface area (Å²) >= 11 is 5.57. The van der Waals surface area contributed by atoms with Crippen LogP contribution in [0.2, 0.25) is 5.02 Å². The Hall–Kier alpha value is -1.52. The van der Waals surface area contributed by atoms with Crippen molar-refractivity contribution >= 4 is 11.6 Å². The monoisotopic (exact) mass is 282 g/mol. The van der Waals surface area contributed by atoms with Gasteiger partial charge in [-0.1, -0.05) is 24.6 Å². The first-order valence-corrected chi connectivity index (χ1v) is 6.29. The Kier molecular flexibility index (Phi) is 4.45. The lowest BCUT2D eigenvalue weighted by molar-refractivity contribution is 0.544. The Morgan fingerprint density at radius 1 is 1.32 bits per heavy atom. The van der Waals surface area contributed by atoms with Gasteiger partial charge in [0, 0.05) is 18.0 Å². The van der Waals surface area contributed by atoms with Crippen molar-refractivity contribution in [3.05, 3.63) is 64.4 Å². The predicted molar refractivity (Wildman–Crippen MR) is 71.1 cm³/mol. The van der Waals surface area contributed by atoms with E-state index < -0.39 is 17.7 Å². The van der Waals surface area contributed by atoms with Crippen LogP contribution in [0.5, 0.6) is 0 Å². The predicted octanol–water partition coefficient (Wildman–Crippen LogP) is 3.71. The van der Waals surface area contributed by atoms with Crippen molar-refractivity contribution in [1.29, 1.82) is 0 Å². The SMILES string of the molecule is CCNC(c1cccnc1)c1cc(F)c(Cl)cc1F. The molecule has 100 valence electrons. The van der Waals surface area contributed by atoms with Gasteiger partial charge in [0.15, 0.2) is 0 Å². The fourth-order valence-corrected chi connectivity index (χ4v) is 2.07. The van der Waals surface area contributed by atoms with Crippen molar-refractivity contribution < 1.29 is 8.78 Å². The van der Waals surface area contributed by atoms with Crippen LogP contribution in [0.4, 0.5) is 8.78 Å². The van der Waals surface area contributed by atoms with E-state index in [1.807, 2.05) is 13.0 Å². The Balaban J connectivity index is 2.48. The number of nitrogens with zero attached hydrogens (tertiary/aromatic N) is 1. The van der Waals surface area contributed by atoms with Crippen molar-refractivity contribution in [2.24, 2.45) is 0 Å². The van der Waals surface area contributed by atoms with Gasteiger partial charge in [-0.25, -0.2) is 8.78 Å². The van der Waals surface area contributed by atoms with Crippen molar-refractivity contribution in [2.75, 3.05) is 6.54 Å². The highest BCUT2D eigenvalue weighted by molar-refractivity contribution is 6.30. The molecule has 0 saturated heterocycles. The van der Waals surface area contributed by atoms with Crippen LogP contribution in [-0.4, -0.2) is 11.5 Å². The zero-order valence-electron chi connectivity index (χ0n) is 10.3. The first-order valence-electron chi connectivity index (χ1n) is 5.91. The second kappa shape index (κ2) is 6.08. The summed E-state index contributed by atoms with van der Waals surface area (Å²) in [7, 11) is 0. The number of rotatable bonds is 4. The van der Waals surface area contributed by atoms with E-state index in [1.165, 1.54) is 0 Å². The largest absolute Gasteiger partial charge is 0.306 e. The van der Waals surface area contributed by atoms with Crippen molar-refractivity contribution in [3.8, 4) is 0 Å². The van der Waals surface area contributed by atoms with E-state index in [-0.39, 0.29) is 10.6 Å². The summed E-state index contributed by atoms with van der Waals surface area (Å²) in [5.41, 5.74) is 0.988. The molecule has 1 N–H and O–H groups in total. The van der Waals surface area contributed by atoms with Gasteiger partial charge in [-0.15, -0.1) is 0 Å². The van der Waals surface area contributed by atoms with Crippen LogP contribution in [0.1, 0.15) is 24.1 Å². The Morgan fingerprint density at radius 2 is 2.11 bits per heavy atom. The zero-order valence-corrected chi connectivity index (χ0v) is 11.1. The van der Waals surface area contributed by atoms with Crippen LogP contribution in [0.25, 0.3) is 0 Å². The van der Waals surface area contributed by atoms with Gasteiger partial charge in [0.25, 0.3) is 0 Å². The Morgan fingerprint density at radius 3 is 2.74 bits per heavy atom. The van der Waals surface area contributed by atoms with E-state index in [9.17, 15) is 8.78 Å². The van der Waals surface area contributed by atoms with E-state index in [1.54, 1.807) is 18.5 Å². The molecule has 1 atom stereocenters. The molecule has 1 heterocycles. The van der Waals surface area contributed by atoms with E-state index in [2.05, 4.69) is 10.3 Å². The Bertz CT molecular complexity index is 561. The zero-order chi connectivity index (χ0) is 13.8. The number of aromatic nitrogens is 1. The van der Waals surface area contributed by atoms with Gasteiger partial charge in [-0.05, 0) is 30.3 Å². The molecule has 2 rings (SSSR count). The average molecular weight is 283 g/mol. The molecule has 0 saturated carbocycles. The number of benzene rings is 1. The van der Waals surface area contributed by atoms with Gasteiger partial charge in [-0.2, -0.15) is 0 Å². The van der Waals surface area contributed by atoms with Crippen molar-refractivity contribution in [1.82, 2.24) is 10.3 Å². The maximum absolute atomic E-state index is 14.0. The molecule has 0 amide bonds. The van der Waals surface area contributed by atoms with Crippen LogP contribution in [0.15, 0.2) is 36.7 Å². The van der Waals surface area contributed by atoms with E-state index in [0.717, 1.165) is 17.7 Å². The molecule has 2 aromatic rings. The fraction of sp³-hybridized carbons (Fsp3) is 0.214. The molecule has 0 bridgehead atoms. The number of hydrogen-bond acceptors (Lipinski definition) is 2. The topological polar surface area (TPSA) is 24.9 Å². The first kappa shape index (κ1) is 13.9. The maximum atomic E-state index is 14.0. The Labute approximate surface area is 115 Å². The van der Waals surface area contributed by atoms with Gasteiger partial charge in [-0.3, -0.25) is 4.98 Å². The summed E-state index contributed by atoms with van der Waals surface area (Å²) in [4.78, 5) is 4.00. The fourth-order valence-electron chi connectivity index (χ4n) is 1.92. The molecule has 1 aromatic heterocycles. The quantitative estimate of drug-likeness (QED) is 0.865. The third kappa shape index (κ3) is 3.08. The standard InChI is InChI=1S/C14H13ClF2N2/c1-2-19-14(9-4-3-5-18-8-9)10-6-13(17)11(15)7-12(10)16/h3-8,14,19H,2H2,1H3. The van der Waals surface area contributed by atoms with E-state index in [0.29, 0.717) is 6.54 Å².